The zero-order valence-corrected chi connectivity index (χ0v) is 15.3. The van der Waals surface area contributed by atoms with Gasteiger partial charge in [-0.05, 0) is 36.6 Å². The number of nitro groups is 1. The summed E-state index contributed by atoms with van der Waals surface area (Å²) in [4.78, 5) is 48.1. The van der Waals surface area contributed by atoms with Gasteiger partial charge in [0.1, 0.15) is 6.54 Å². The van der Waals surface area contributed by atoms with E-state index >= 15 is 0 Å². The smallest absolute Gasteiger partial charge is 0.270 e. The van der Waals surface area contributed by atoms with E-state index in [-0.39, 0.29) is 16.8 Å². The van der Waals surface area contributed by atoms with E-state index in [1.54, 1.807) is 12.1 Å². The van der Waals surface area contributed by atoms with Crippen LogP contribution in [0.25, 0.3) is 0 Å². The third-order valence-corrected chi connectivity index (χ3v) is 4.52. The zero-order valence-electron chi connectivity index (χ0n) is 15.3. The van der Waals surface area contributed by atoms with Crippen molar-refractivity contribution in [2.45, 2.75) is 26.2 Å². The number of hydrogen-bond acceptors (Lipinski definition) is 5. The van der Waals surface area contributed by atoms with E-state index in [0.717, 1.165) is 36.3 Å². The summed E-state index contributed by atoms with van der Waals surface area (Å²) in [5.41, 5.74) is 1.45. The Hall–Kier alpha value is -3.55. The molecule has 1 heterocycles. The van der Waals surface area contributed by atoms with Gasteiger partial charge in [0.25, 0.3) is 17.5 Å². The van der Waals surface area contributed by atoms with Crippen LogP contribution in [0.5, 0.6) is 0 Å². The van der Waals surface area contributed by atoms with Gasteiger partial charge in [0.05, 0.1) is 16.1 Å². The molecule has 3 amide bonds. The van der Waals surface area contributed by atoms with Gasteiger partial charge in [-0.2, -0.15) is 0 Å². The molecule has 0 radical (unpaired) electrons. The molecule has 0 aliphatic carbocycles. The van der Waals surface area contributed by atoms with Crippen LogP contribution in [0.3, 0.4) is 0 Å². The van der Waals surface area contributed by atoms with E-state index in [4.69, 9.17) is 0 Å². The number of aryl methyl sites for hydroxylation is 1. The second kappa shape index (κ2) is 7.99. The van der Waals surface area contributed by atoms with Gasteiger partial charge in [-0.25, -0.2) is 0 Å². The Kier molecular flexibility index (Phi) is 5.49. The lowest BCUT2D eigenvalue weighted by molar-refractivity contribution is -0.384. The zero-order chi connectivity index (χ0) is 20.3. The number of carbonyl (C=O) groups excluding carboxylic acids is 3. The highest BCUT2D eigenvalue weighted by Crippen LogP contribution is 2.26. The third kappa shape index (κ3) is 3.90. The summed E-state index contributed by atoms with van der Waals surface area (Å²) in [6.45, 7) is 1.66. The number of nitro benzene ring substituents is 1. The van der Waals surface area contributed by atoms with Gasteiger partial charge in [-0.3, -0.25) is 29.4 Å². The molecule has 0 spiro atoms. The van der Waals surface area contributed by atoms with Crippen LogP contribution in [-0.4, -0.2) is 34.1 Å². The number of amides is 3. The van der Waals surface area contributed by atoms with Gasteiger partial charge in [0.15, 0.2) is 0 Å². The Morgan fingerprint density at radius 1 is 1.07 bits per heavy atom. The number of fused-ring (bicyclic) bond motifs is 1. The second-order valence-electron chi connectivity index (χ2n) is 6.53. The Morgan fingerprint density at radius 2 is 1.75 bits per heavy atom. The Bertz CT molecular complexity index is 953. The fourth-order valence-electron chi connectivity index (χ4n) is 3.02. The molecule has 1 aliphatic rings. The highest BCUT2D eigenvalue weighted by Gasteiger charge is 2.37. The molecule has 1 N–H and O–H groups in total. The number of imide groups is 1. The summed E-state index contributed by atoms with van der Waals surface area (Å²) in [7, 11) is 0. The number of unbranched alkanes of at least 4 members (excludes halogenated alkanes) is 1. The molecule has 3 rings (SSSR count). The lowest BCUT2D eigenvalue weighted by Gasteiger charge is -2.13. The van der Waals surface area contributed by atoms with Gasteiger partial charge >= 0.3 is 0 Å². The van der Waals surface area contributed by atoms with Crippen LogP contribution in [0.4, 0.5) is 11.4 Å². The molecule has 28 heavy (non-hydrogen) atoms. The predicted octanol–water partition coefficient (Wildman–Crippen LogP) is 3.17. The van der Waals surface area contributed by atoms with Crippen molar-refractivity contribution < 1.29 is 19.3 Å². The maximum Gasteiger partial charge on any atom is 0.270 e. The average molecular weight is 381 g/mol. The van der Waals surface area contributed by atoms with Crippen LogP contribution in [0, 0.1) is 10.1 Å². The van der Waals surface area contributed by atoms with Crippen molar-refractivity contribution in [1.29, 1.82) is 0 Å². The Balaban J connectivity index is 1.66. The first-order valence-electron chi connectivity index (χ1n) is 8.94. The van der Waals surface area contributed by atoms with Crippen molar-refractivity contribution in [3.8, 4) is 0 Å². The van der Waals surface area contributed by atoms with Gasteiger partial charge in [0.2, 0.25) is 5.91 Å². The predicted molar refractivity (Wildman–Crippen MR) is 102 cm³/mol. The standard InChI is InChI=1S/C20H19N3O5/c1-2-3-4-13-5-7-14(8-6-13)21-18(24)12-22-19(25)16-10-9-15(23(27)28)11-17(16)20(22)26/h5-11H,2-4,12H2,1H3,(H,21,24). The van der Waals surface area contributed by atoms with E-state index < -0.39 is 29.2 Å². The van der Waals surface area contributed by atoms with Crippen LogP contribution < -0.4 is 5.32 Å². The minimum absolute atomic E-state index is 0.0590. The number of nitrogens with zero attached hydrogens (tertiary/aromatic N) is 2. The molecule has 0 unspecified atom stereocenters. The Morgan fingerprint density at radius 3 is 2.39 bits per heavy atom. The average Bonchev–Trinajstić information content (AvgIpc) is 2.92. The summed E-state index contributed by atoms with van der Waals surface area (Å²) in [5, 5.41) is 13.5. The first-order chi connectivity index (χ1) is 13.4. The summed E-state index contributed by atoms with van der Waals surface area (Å²) in [6, 6.07) is 10.8. The van der Waals surface area contributed by atoms with Gasteiger partial charge in [0, 0.05) is 17.8 Å². The second-order valence-corrected chi connectivity index (χ2v) is 6.53. The number of benzene rings is 2. The molecule has 0 bridgehead atoms. The monoisotopic (exact) mass is 381 g/mol. The summed E-state index contributed by atoms with van der Waals surface area (Å²) < 4.78 is 0. The van der Waals surface area contributed by atoms with Crippen molar-refractivity contribution in [2.75, 3.05) is 11.9 Å². The van der Waals surface area contributed by atoms with Crippen molar-refractivity contribution >= 4 is 29.1 Å². The number of nitrogens with one attached hydrogen (secondary N) is 1. The van der Waals surface area contributed by atoms with Crippen molar-refractivity contribution in [2.24, 2.45) is 0 Å². The largest absolute Gasteiger partial charge is 0.325 e. The summed E-state index contributed by atoms with van der Waals surface area (Å²) >= 11 is 0. The quantitative estimate of drug-likeness (QED) is 0.450. The van der Waals surface area contributed by atoms with E-state index in [1.165, 1.54) is 11.6 Å². The van der Waals surface area contributed by atoms with Crippen LogP contribution >= 0.6 is 0 Å². The van der Waals surface area contributed by atoms with Crippen LogP contribution in [0.2, 0.25) is 0 Å². The first-order valence-corrected chi connectivity index (χ1v) is 8.94. The minimum Gasteiger partial charge on any atom is -0.325 e. The lowest BCUT2D eigenvalue weighted by atomic mass is 10.1. The minimum atomic E-state index is -0.714. The van der Waals surface area contributed by atoms with Gasteiger partial charge in [-0.1, -0.05) is 25.5 Å². The fourth-order valence-corrected chi connectivity index (χ4v) is 3.02. The fraction of sp³-hybridized carbons (Fsp3) is 0.250. The van der Waals surface area contributed by atoms with Crippen LogP contribution in [0.15, 0.2) is 42.5 Å². The molecule has 8 heteroatoms. The highest BCUT2D eigenvalue weighted by atomic mass is 16.6. The molecule has 0 aromatic heterocycles. The first kappa shape index (κ1) is 19.2. The topological polar surface area (TPSA) is 110 Å². The maximum atomic E-state index is 12.4. The number of non-ortho nitro benzene ring substituents is 1. The normalized spacial score (nSPS) is 12.8. The van der Waals surface area contributed by atoms with Gasteiger partial charge < -0.3 is 5.32 Å². The third-order valence-electron chi connectivity index (χ3n) is 4.52. The maximum absolute atomic E-state index is 12.4. The van der Waals surface area contributed by atoms with E-state index in [9.17, 15) is 24.5 Å². The molecule has 2 aromatic carbocycles. The number of carbonyl (C=O) groups is 3. The number of anilines is 1. The molecule has 8 nitrogen and oxygen atoms in total. The van der Waals surface area contributed by atoms with E-state index in [2.05, 4.69) is 12.2 Å². The summed E-state index contributed by atoms with van der Waals surface area (Å²) in [5.74, 6) is -1.88. The van der Waals surface area contributed by atoms with Gasteiger partial charge in [-0.15, -0.1) is 0 Å². The molecule has 144 valence electrons. The van der Waals surface area contributed by atoms with E-state index in [1.807, 2.05) is 12.1 Å². The number of hydrogen-bond donors (Lipinski definition) is 1. The van der Waals surface area contributed by atoms with Crippen molar-refractivity contribution in [3.05, 3.63) is 69.3 Å². The van der Waals surface area contributed by atoms with Crippen molar-refractivity contribution in [1.82, 2.24) is 4.90 Å². The molecule has 0 saturated carbocycles. The molecule has 0 fully saturated rings. The molecule has 0 atom stereocenters. The summed E-state index contributed by atoms with van der Waals surface area (Å²) in [6.07, 6.45) is 3.15. The molecule has 1 aliphatic heterocycles. The molecular weight excluding hydrogens is 362 g/mol. The van der Waals surface area contributed by atoms with E-state index in [0.29, 0.717) is 5.69 Å². The molecule has 2 aromatic rings. The van der Waals surface area contributed by atoms with Crippen LogP contribution in [0.1, 0.15) is 46.0 Å². The number of rotatable bonds is 7. The lowest BCUT2D eigenvalue weighted by Crippen LogP contribution is -2.37. The highest BCUT2D eigenvalue weighted by molar-refractivity contribution is 6.23. The van der Waals surface area contributed by atoms with Crippen LogP contribution in [-0.2, 0) is 11.2 Å². The molecular formula is C20H19N3O5. The van der Waals surface area contributed by atoms with Crippen molar-refractivity contribution in [3.63, 3.8) is 0 Å². The Labute approximate surface area is 161 Å². The molecule has 0 saturated heterocycles. The SMILES string of the molecule is CCCCc1ccc(NC(=O)CN2C(=O)c3ccc([N+](=O)[O-])cc3C2=O)cc1.